The van der Waals surface area contributed by atoms with Crippen molar-refractivity contribution in [1.82, 2.24) is 0 Å². The maximum absolute atomic E-state index is 11.9. The summed E-state index contributed by atoms with van der Waals surface area (Å²) >= 11 is 0. The van der Waals surface area contributed by atoms with Gasteiger partial charge in [0.05, 0.1) is 0 Å². The van der Waals surface area contributed by atoms with Crippen molar-refractivity contribution < 1.29 is 29.0 Å². The van der Waals surface area contributed by atoms with Crippen LogP contribution in [0.5, 0.6) is 0 Å². The maximum atomic E-state index is 11.9. The predicted octanol–water partition coefficient (Wildman–Crippen LogP) is 2.78. The molecule has 0 heterocycles. The van der Waals surface area contributed by atoms with E-state index in [-0.39, 0.29) is 24.4 Å². The topological polar surface area (TPSA) is 86.7 Å². The van der Waals surface area contributed by atoms with Crippen LogP contribution in [0.25, 0.3) is 0 Å². The van der Waals surface area contributed by atoms with Crippen LogP contribution in [0.3, 0.4) is 0 Å². The smallest absolute Gasteiger partial charge is 0.299 e. The summed E-state index contributed by atoms with van der Waals surface area (Å²) in [6.45, 7) is 6.99. The first kappa shape index (κ1) is 20.3. The van der Waals surface area contributed by atoms with E-state index >= 15 is 0 Å². The van der Waals surface area contributed by atoms with Gasteiger partial charge in [0.1, 0.15) is 23.4 Å². The normalized spacial score (nSPS) is 13.1. The lowest BCUT2D eigenvalue weighted by Crippen LogP contribution is -2.30. The van der Waals surface area contributed by atoms with Gasteiger partial charge in [0.25, 0.3) is 0 Å². The monoisotopic (exact) mass is 314 g/mol. The molecule has 0 aliphatic rings. The van der Waals surface area contributed by atoms with Crippen molar-refractivity contribution in [3.63, 3.8) is 0 Å². The van der Waals surface area contributed by atoms with Crippen LogP contribution in [0.4, 0.5) is 0 Å². The highest BCUT2D eigenvalue weighted by molar-refractivity contribution is 6.00. The third kappa shape index (κ3) is 6.37. The quantitative estimate of drug-likeness (QED) is 0.350. The zero-order valence-corrected chi connectivity index (χ0v) is 13.8. The minimum absolute atomic E-state index is 0.209. The zero-order valence-electron chi connectivity index (χ0n) is 13.8. The highest BCUT2D eigenvalue weighted by Crippen LogP contribution is 2.15. The second-order valence-corrected chi connectivity index (χ2v) is 5.13. The molecule has 0 aromatic carbocycles. The van der Waals surface area contributed by atoms with Gasteiger partial charge in [-0.25, -0.2) is 19.4 Å². The Bertz CT molecular complexity index is 363. The van der Waals surface area contributed by atoms with E-state index in [1.165, 1.54) is 0 Å². The number of rotatable bonds is 10. The largest absolute Gasteiger partial charge is 0.365 e. The minimum atomic E-state index is -0.922. The fourth-order valence-corrected chi connectivity index (χ4v) is 2.09. The zero-order chi connectivity index (χ0) is 17.1. The van der Waals surface area contributed by atoms with Gasteiger partial charge in [-0.2, -0.15) is 0 Å². The van der Waals surface area contributed by atoms with Gasteiger partial charge in [0, 0.05) is 12.8 Å². The van der Waals surface area contributed by atoms with E-state index in [2.05, 4.69) is 9.78 Å². The molecule has 2 atom stereocenters. The fourth-order valence-electron chi connectivity index (χ4n) is 2.09. The standard InChI is InChI=1S/C16H26O6/c1-5-9-11(13(17)7-3)15(19)21-22-16(20)12(10-6-2)14(18)8-4/h11-12H,5-10H2,1-4H3. The summed E-state index contributed by atoms with van der Waals surface area (Å²) in [4.78, 5) is 56.1. The Hall–Kier alpha value is -1.72. The highest BCUT2D eigenvalue weighted by Gasteiger charge is 2.31. The van der Waals surface area contributed by atoms with E-state index in [1.54, 1.807) is 13.8 Å². The predicted molar refractivity (Wildman–Crippen MR) is 79.6 cm³/mol. The van der Waals surface area contributed by atoms with Gasteiger partial charge < -0.3 is 0 Å². The van der Waals surface area contributed by atoms with Crippen LogP contribution >= 0.6 is 0 Å². The lowest BCUT2D eigenvalue weighted by molar-refractivity contribution is -0.264. The van der Waals surface area contributed by atoms with Crippen LogP contribution in [-0.4, -0.2) is 23.5 Å². The number of hydrogen-bond acceptors (Lipinski definition) is 6. The summed E-state index contributed by atoms with van der Waals surface area (Å²) < 4.78 is 0. The first-order chi connectivity index (χ1) is 10.4. The van der Waals surface area contributed by atoms with Crippen molar-refractivity contribution in [2.24, 2.45) is 11.8 Å². The molecule has 2 unspecified atom stereocenters. The van der Waals surface area contributed by atoms with Crippen LogP contribution in [0.15, 0.2) is 0 Å². The summed E-state index contributed by atoms with van der Waals surface area (Å²) in [5.41, 5.74) is 0. The van der Waals surface area contributed by atoms with Gasteiger partial charge in [0.15, 0.2) is 0 Å². The second-order valence-electron chi connectivity index (χ2n) is 5.13. The Morgan fingerprint density at radius 1 is 0.682 bits per heavy atom. The van der Waals surface area contributed by atoms with Gasteiger partial charge in [-0.15, -0.1) is 0 Å². The van der Waals surface area contributed by atoms with E-state index in [0.29, 0.717) is 25.7 Å². The summed E-state index contributed by atoms with van der Waals surface area (Å²) in [5, 5.41) is 0. The van der Waals surface area contributed by atoms with Gasteiger partial charge in [-0.3, -0.25) is 9.59 Å². The van der Waals surface area contributed by atoms with Gasteiger partial charge in [-0.05, 0) is 12.8 Å². The van der Waals surface area contributed by atoms with Crippen molar-refractivity contribution in [3.05, 3.63) is 0 Å². The van der Waals surface area contributed by atoms with E-state index in [1.807, 2.05) is 13.8 Å². The van der Waals surface area contributed by atoms with Crippen LogP contribution < -0.4 is 0 Å². The third-order valence-corrected chi connectivity index (χ3v) is 3.40. The molecule has 0 aliphatic heterocycles. The summed E-state index contributed by atoms with van der Waals surface area (Å²) in [5.74, 6) is -4.10. The summed E-state index contributed by atoms with van der Waals surface area (Å²) in [6, 6.07) is 0. The molecule has 126 valence electrons. The average molecular weight is 314 g/mol. The average Bonchev–Trinajstić information content (AvgIpc) is 2.53. The van der Waals surface area contributed by atoms with Gasteiger partial charge in [0.2, 0.25) is 0 Å². The molecule has 22 heavy (non-hydrogen) atoms. The van der Waals surface area contributed by atoms with E-state index in [9.17, 15) is 19.2 Å². The minimum Gasteiger partial charge on any atom is -0.299 e. The second kappa shape index (κ2) is 10.9. The first-order valence-corrected chi connectivity index (χ1v) is 7.90. The molecule has 0 aliphatic carbocycles. The number of Topliss-reactive ketones (excluding diaryl/α,β-unsaturated/α-hetero) is 2. The molecular formula is C16H26O6. The SMILES string of the molecule is CCCC(C(=O)CC)C(=O)OOC(=O)C(CCC)C(=O)CC. The summed E-state index contributed by atoms with van der Waals surface area (Å²) in [6.07, 6.45) is 2.37. The molecule has 6 nitrogen and oxygen atoms in total. The first-order valence-electron chi connectivity index (χ1n) is 7.90. The molecule has 0 fully saturated rings. The molecule has 0 aromatic rings. The van der Waals surface area contributed by atoms with E-state index in [0.717, 1.165) is 0 Å². The molecular weight excluding hydrogens is 288 g/mol. The Morgan fingerprint density at radius 3 is 1.23 bits per heavy atom. The van der Waals surface area contributed by atoms with Crippen LogP contribution in [0.2, 0.25) is 0 Å². The van der Waals surface area contributed by atoms with Gasteiger partial charge in [-0.1, -0.05) is 40.5 Å². The molecule has 0 aromatic heterocycles. The molecule has 0 amide bonds. The number of carbonyl (C=O) groups is 4. The Balaban J connectivity index is 4.67. The fraction of sp³-hybridized carbons (Fsp3) is 0.750. The molecule has 0 saturated carbocycles. The maximum Gasteiger partial charge on any atom is 0.365 e. The molecule has 0 rings (SSSR count). The molecule has 0 bridgehead atoms. The van der Waals surface area contributed by atoms with Crippen LogP contribution in [0.1, 0.15) is 66.2 Å². The number of hydrogen-bond donors (Lipinski definition) is 0. The van der Waals surface area contributed by atoms with Crippen molar-refractivity contribution in [3.8, 4) is 0 Å². The third-order valence-electron chi connectivity index (χ3n) is 3.40. The Kier molecular flexibility index (Phi) is 10.1. The lowest BCUT2D eigenvalue weighted by atomic mass is 9.97. The lowest BCUT2D eigenvalue weighted by Gasteiger charge is -2.14. The van der Waals surface area contributed by atoms with Crippen LogP contribution in [-0.2, 0) is 29.0 Å². The van der Waals surface area contributed by atoms with Crippen LogP contribution in [0, 0.1) is 11.8 Å². The van der Waals surface area contributed by atoms with E-state index in [4.69, 9.17) is 0 Å². The van der Waals surface area contributed by atoms with Crippen molar-refractivity contribution in [2.45, 2.75) is 66.2 Å². The van der Waals surface area contributed by atoms with Gasteiger partial charge >= 0.3 is 11.9 Å². The molecule has 6 heteroatoms. The Morgan fingerprint density at radius 2 is 1.00 bits per heavy atom. The van der Waals surface area contributed by atoms with Crippen molar-refractivity contribution in [2.75, 3.05) is 0 Å². The molecule has 0 saturated heterocycles. The number of carbonyl (C=O) groups excluding carboxylic acids is 4. The highest BCUT2D eigenvalue weighted by atomic mass is 17.2. The Labute approximate surface area is 131 Å². The molecule has 0 N–H and O–H groups in total. The molecule has 0 spiro atoms. The summed E-state index contributed by atoms with van der Waals surface area (Å²) in [7, 11) is 0. The molecule has 0 radical (unpaired) electrons. The number of ketones is 2. The van der Waals surface area contributed by atoms with E-state index < -0.39 is 23.8 Å². The van der Waals surface area contributed by atoms with Crippen molar-refractivity contribution >= 4 is 23.5 Å². The van der Waals surface area contributed by atoms with Crippen molar-refractivity contribution in [1.29, 1.82) is 0 Å².